The number of carbonyl (C=O) groups is 1. The number of nitrogens with two attached hydrogens (primary N) is 2. The fourth-order valence-electron chi connectivity index (χ4n) is 5.37. The fraction of sp³-hybridized carbons (Fsp3) is 0.100. The van der Waals surface area contributed by atoms with Gasteiger partial charge in [0, 0.05) is 12.8 Å². The molecule has 0 unspecified atom stereocenters. The molecule has 2 aliphatic rings. The van der Waals surface area contributed by atoms with Crippen molar-refractivity contribution in [3.8, 4) is 17.2 Å². The number of para-hydroxylation sites is 3. The van der Waals surface area contributed by atoms with E-state index in [0.29, 0.717) is 60.9 Å². The molecular formula is C40H31Br3F3N7O5. The van der Waals surface area contributed by atoms with E-state index in [1.807, 2.05) is 18.2 Å². The summed E-state index contributed by atoms with van der Waals surface area (Å²) in [5, 5.41) is 18.4. The number of pyridine rings is 3. The highest BCUT2D eigenvalue weighted by Crippen LogP contribution is 2.35. The zero-order valence-corrected chi connectivity index (χ0v) is 35.1. The van der Waals surface area contributed by atoms with Gasteiger partial charge in [-0.25, -0.2) is 42.9 Å². The molecule has 0 atom stereocenters. The predicted molar refractivity (Wildman–Crippen MR) is 225 cm³/mol. The molecule has 0 bridgehead atoms. The lowest BCUT2D eigenvalue weighted by molar-refractivity contribution is 0.0686. The Bertz CT molecular complexity index is 2540. The third-order valence-electron chi connectivity index (χ3n) is 8.11. The van der Waals surface area contributed by atoms with Gasteiger partial charge in [0.2, 0.25) is 0 Å². The van der Waals surface area contributed by atoms with Crippen LogP contribution in [0.15, 0.2) is 115 Å². The van der Waals surface area contributed by atoms with Crippen LogP contribution in [0.1, 0.15) is 33.0 Å². The average molecular weight is 986 g/mol. The molecule has 3 aromatic heterocycles. The van der Waals surface area contributed by atoms with Crippen LogP contribution in [0.2, 0.25) is 0 Å². The van der Waals surface area contributed by atoms with Crippen LogP contribution in [0.25, 0.3) is 0 Å². The molecule has 8 rings (SSSR count). The minimum atomic E-state index is -1.10. The number of nitrogens with zero attached hydrogens (tertiary/aromatic N) is 5. The van der Waals surface area contributed by atoms with Gasteiger partial charge in [-0.2, -0.15) is 0 Å². The molecule has 2 aliphatic heterocycles. The maximum atomic E-state index is 13.7. The molecule has 5 heterocycles. The molecular weight excluding hydrogens is 955 g/mol. The number of benzene rings is 3. The largest absolute Gasteiger partial charge is 0.506 e. The van der Waals surface area contributed by atoms with Crippen molar-refractivity contribution in [2.24, 2.45) is 9.98 Å². The molecule has 0 amide bonds. The van der Waals surface area contributed by atoms with E-state index in [2.05, 4.69) is 72.7 Å². The Labute approximate surface area is 354 Å². The SMILES string of the molecule is COc1ccc(Br)nc1C(=O)O.COc1ccc(Br)nc1C1=Nc2c(F)cccc2C1.Nc1cccc(F)c1N.Oc1ccc(Br)nc1C1=Nc2c(F)cccc2C1. The lowest BCUT2D eigenvalue weighted by Gasteiger charge is -2.07. The Kier molecular flexibility index (Phi) is 14.6. The smallest absolute Gasteiger partial charge is 0.358 e. The molecule has 0 spiro atoms. The van der Waals surface area contributed by atoms with Crippen molar-refractivity contribution in [3.05, 3.63) is 150 Å². The summed E-state index contributed by atoms with van der Waals surface area (Å²) in [5.74, 6) is -1.28. The second kappa shape index (κ2) is 19.5. The molecule has 298 valence electrons. The number of hydrogen-bond acceptors (Lipinski definition) is 11. The summed E-state index contributed by atoms with van der Waals surface area (Å²) < 4.78 is 51.5. The highest BCUT2D eigenvalue weighted by atomic mass is 79.9. The Morgan fingerprint density at radius 3 is 1.60 bits per heavy atom. The summed E-state index contributed by atoms with van der Waals surface area (Å²) in [5.41, 5.74) is 15.4. The maximum Gasteiger partial charge on any atom is 0.358 e. The lowest BCUT2D eigenvalue weighted by Crippen LogP contribution is -2.06. The number of halogens is 6. The molecule has 58 heavy (non-hydrogen) atoms. The minimum Gasteiger partial charge on any atom is -0.506 e. The number of nitrogen functional groups attached to an aromatic ring is 2. The monoisotopic (exact) mass is 983 g/mol. The van der Waals surface area contributed by atoms with Crippen LogP contribution in [0.5, 0.6) is 17.2 Å². The minimum absolute atomic E-state index is 0.0255. The summed E-state index contributed by atoms with van der Waals surface area (Å²) in [6, 6.07) is 24.1. The highest BCUT2D eigenvalue weighted by Gasteiger charge is 2.24. The van der Waals surface area contributed by atoms with Gasteiger partial charge in [-0.05, 0) is 120 Å². The Balaban J connectivity index is 0.000000153. The fourth-order valence-corrected chi connectivity index (χ4v) is 6.30. The van der Waals surface area contributed by atoms with Gasteiger partial charge in [0.15, 0.2) is 11.4 Å². The topological polar surface area (TPSA) is 191 Å². The predicted octanol–water partition coefficient (Wildman–Crippen LogP) is 9.58. The van der Waals surface area contributed by atoms with Gasteiger partial charge in [0.05, 0.1) is 37.0 Å². The van der Waals surface area contributed by atoms with Crippen LogP contribution in [0.4, 0.5) is 35.9 Å². The van der Waals surface area contributed by atoms with Crippen molar-refractivity contribution in [3.63, 3.8) is 0 Å². The van der Waals surface area contributed by atoms with E-state index in [1.165, 1.54) is 37.4 Å². The molecule has 0 radical (unpaired) electrons. The van der Waals surface area contributed by atoms with Crippen molar-refractivity contribution in [1.29, 1.82) is 0 Å². The average Bonchev–Trinajstić information content (AvgIpc) is 3.85. The number of ether oxygens (including phenoxy) is 2. The highest BCUT2D eigenvalue weighted by molar-refractivity contribution is 9.11. The standard InChI is InChI=1S/C14H10BrFN2O.C13H8BrFN2O.C7H6BrNO3.C6H7FN2/c1-19-11-5-6-12(15)18-14(11)10-7-8-3-2-4-9(16)13(8)17-10;14-11-5-4-10(18)13(17-11)9-6-7-2-1-3-8(15)12(7)16-9;1-12-4-2-3-5(8)9-6(4)7(10)11;7-4-2-1-3-5(8)6(4)9/h2-6H,7H2,1H3;1-5,18H,6H2;2-3H,1H3,(H,10,11);1-3H,8-9H2. The maximum absolute atomic E-state index is 13.7. The summed E-state index contributed by atoms with van der Waals surface area (Å²) in [4.78, 5) is 31.4. The number of aromatic carboxylic acids is 1. The van der Waals surface area contributed by atoms with Crippen LogP contribution in [0.3, 0.4) is 0 Å². The first kappa shape index (κ1) is 43.3. The van der Waals surface area contributed by atoms with Crippen molar-refractivity contribution in [2.75, 3.05) is 25.7 Å². The Morgan fingerprint density at radius 2 is 1.10 bits per heavy atom. The van der Waals surface area contributed by atoms with Crippen molar-refractivity contribution < 1.29 is 37.7 Å². The molecule has 3 aromatic carbocycles. The molecule has 0 fully saturated rings. The van der Waals surface area contributed by atoms with Gasteiger partial charge in [0.1, 0.15) is 65.5 Å². The lowest BCUT2D eigenvalue weighted by atomic mass is 10.1. The van der Waals surface area contributed by atoms with E-state index < -0.39 is 11.8 Å². The number of carboxylic acids is 1. The van der Waals surface area contributed by atoms with Crippen LogP contribution >= 0.6 is 47.8 Å². The van der Waals surface area contributed by atoms with Gasteiger partial charge >= 0.3 is 5.97 Å². The number of aliphatic imine (C=N–C) groups is 2. The molecule has 18 heteroatoms. The second-order valence-corrected chi connectivity index (χ2v) is 14.3. The normalized spacial score (nSPS) is 11.9. The first-order chi connectivity index (χ1) is 27.7. The van der Waals surface area contributed by atoms with Crippen molar-refractivity contribution >= 4 is 87.9 Å². The quantitative estimate of drug-likeness (QED) is 0.0956. The summed E-state index contributed by atoms with van der Waals surface area (Å²) in [7, 11) is 2.98. The van der Waals surface area contributed by atoms with Crippen LogP contribution in [-0.2, 0) is 12.8 Å². The second-order valence-electron chi connectivity index (χ2n) is 11.9. The van der Waals surface area contributed by atoms with Gasteiger partial charge in [0.25, 0.3) is 0 Å². The van der Waals surface area contributed by atoms with E-state index in [9.17, 15) is 23.1 Å². The van der Waals surface area contributed by atoms with Gasteiger partial charge in [-0.3, -0.25) is 0 Å². The molecule has 6 N–H and O–H groups in total. The number of carboxylic acid groups (broad SMARTS) is 1. The first-order valence-electron chi connectivity index (χ1n) is 16.7. The Morgan fingerprint density at radius 1 is 0.638 bits per heavy atom. The van der Waals surface area contributed by atoms with Crippen LogP contribution in [0, 0.1) is 17.5 Å². The van der Waals surface area contributed by atoms with Crippen LogP contribution < -0.4 is 20.9 Å². The van der Waals surface area contributed by atoms with Gasteiger partial charge in [-0.1, -0.05) is 30.3 Å². The first-order valence-corrected chi connectivity index (χ1v) is 19.1. The molecule has 12 nitrogen and oxygen atoms in total. The van der Waals surface area contributed by atoms with E-state index in [1.54, 1.807) is 49.6 Å². The van der Waals surface area contributed by atoms with Crippen molar-refractivity contribution in [1.82, 2.24) is 15.0 Å². The number of methoxy groups -OCH3 is 2. The van der Waals surface area contributed by atoms with E-state index >= 15 is 0 Å². The Hall–Kier alpha value is -5.85. The number of aromatic hydroxyl groups is 1. The van der Waals surface area contributed by atoms with Crippen molar-refractivity contribution in [2.45, 2.75) is 12.8 Å². The third kappa shape index (κ3) is 10.6. The number of aromatic nitrogens is 3. The van der Waals surface area contributed by atoms with Crippen LogP contribution in [-0.4, -0.2) is 56.8 Å². The van der Waals surface area contributed by atoms with Gasteiger partial charge < -0.3 is 31.2 Å². The molecule has 0 saturated carbocycles. The van der Waals surface area contributed by atoms with E-state index in [0.717, 1.165) is 16.8 Å². The van der Waals surface area contributed by atoms with Gasteiger partial charge in [-0.15, -0.1) is 0 Å². The van der Waals surface area contributed by atoms with E-state index in [4.69, 9.17) is 26.0 Å². The number of rotatable bonds is 5. The molecule has 0 aliphatic carbocycles. The van der Waals surface area contributed by atoms with E-state index in [-0.39, 0.29) is 40.2 Å². The summed E-state index contributed by atoms with van der Waals surface area (Å²) >= 11 is 9.63. The number of fused-ring (bicyclic) bond motifs is 2. The third-order valence-corrected chi connectivity index (χ3v) is 9.44. The number of hydrogen-bond donors (Lipinski definition) is 4. The zero-order valence-electron chi connectivity index (χ0n) is 30.4. The zero-order chi connectivity index (χ0) is 42.1. The molecule has 0 saturated heterocycles. The summed E-state index contributed by atoms with van der Waals surface area (Å²) in [6.45, 7) is 0. The number of anilines is 2. The molecule has 6 aromatic rings. The summed E-state index contributed by atoms with van der Waals surface area (Å²) in [6.07, 6.45) is 1.04.